The quantitative estimate of drug-likeness (QED) is 0.303. The van der Waals surface area contributed by atoms with E-state index >= 15 is 4.39 Å². The molecule has 61 heavy (non-hydrogen) atoms. The maximum atomic E-state index is 15.5. The molecule has 1 unspecified atom stereocenters. The second-order valence-corrected chi connectivity index (χ2v) is 18.8. The maximum Gasteiger partial charge on any atom is 0.262 e. The number of nitrogens with zero attached hydrogens (tertiary/aromatic N) is 7. The Morgan fingerprint density at radius 1 is 0.852 bits per heavy atom. The predicted octanol–water partition coefficient (Wildman–Crippen LogP) is 5.02. The van der Waals surface area contributed by atoms with E-state index in [1.165, 1.54) is 6.07 Å². The molecule has 4 fully saturated rings. The number of carbonyl (C=O) groups excluding carboxylic acids is 5. The molecule has 5 aliphatic heterocycles. The number of benzene rings is 2. The van der Waals surface area contributed by atoms with Crippen LogP contribution in [0.1, 0.15) is 95.7 Å². The van der Waals surface area contributed by atoms with Crippen LogP contribution in [-0.2, 0) is 16.1 Å². The van der Waals surface area contributed by atoms with Crippen LogP contribution in [0, 0.1) is 33.9 Å². The molecule has 1 aliphatic carbocycles. The Hall–Kier alpha value is -5.59. The van der Waals surface area contributed by atoms with E-state index in [1.807, 2.05) is 21.9 Å². The molecule has 1 aromatic heterocycles. The number of aromatic nitrogens is 1. The van der Waals surface area contributed by atoms with Crippen LogP contribution < -0.4 is 19.9 Å². The van der Waals surface area contributed by atoms with Crippen LogP contribution in [0.3, 0.4) is 0 Å². The summed E-state index contributed by atoms with van der Waals surface area (Å²) in [5, 5.41) is 11.8. The van der Waals surface area contributed by atoms with E-state index in [4.69, 9.17) is 21.3 Å². The molecule has 3 saturated heterocycles. The number of nitriles is 1. The number of amides is 5. The van der Waals surface area contributed by atoms with Gasteiger partial charge in [0.15, 0.2) is 0 Å². The van der Waals surface area contributed by atoms with Gasteiger partial charge in [-0.1, -0.05) is 39.3 Å². The number of rotatable bonds is 8. The van der Waals surface area contributed by atoms with Crippen molar-refractivity contribution in [3.8, 4) is 11.8 Å². The van der Waals surface area contributed by atoms with Crippen LogP contribution in [0.5, 0.6) is 5.75 Å². The van der Waals surface area contributed by atoms with Gasteiger partial charge in [-0.05, 0) is 61.6 Å². The number of imide groups is 2. The lowest BCUT2D eigenvalue weighted by molar-refractivity contribution is -0.199. The Morgan fingerprint density at radius 2 is 1.54 bits per heavy atom. The van der Waals surface area contributed by atoms with Crippen molar-refractivity contribution in [3.05, 3.63) is 81.3 Å². The van der Waals surface area contributed by atoms with Crippen molar-refractivity contribution in [3.63, 3.8) is 0 Å². The number of anilines is 2. The van der Waals surface area contributed by atoms with E-state index in [0.717, 1.165) is 55.0 Å². The van der Waals surface area contributed by atoms with Crippen molar-refractivity contribution < 1.29 is 33.1 Å². The third-order valence-electron chi connectivity index (χ3n) is 13.8. The Labute approximate surface area is 358 Å². The summed E-state index contributed by atoms with van der Waals surface area (Å²) in [6.07, 6.45) is 1.82. The Balaban J connectivity index is 0.775. The van der Waals surface area contributed by atoms with E-state index < -0.39 is 35.5 Å². The summed E-state index contributed by atoms with van der Waals surface area (Å²) in [5.74, 6) is -1.19. The second-order valence-electron chi connectivity index (χ2n) is 18.4. The fourth-order valence-electron chi connectivity index (χ4n) is 11.2. The van der Waals surface area contributed by atoms with Crippen molar-refractivity contribution in [2.24, 2.45) is 16.7 Å². The van der Waals surface area contributed by atoms with E-state index in [1.54, 1.807) is 18.2 Å². The molecule has 0 bridgehead atoms. The first kappa shape index (κ1) is 40.8. The lowest BCUT2D eigenvalue weighted by Gasteiger charge is -2.65. The SMILES string of the molecule is CC1(C)[C@H](Oc2ccc(C#N)c(Cl)c2)C(C)(C)[C@H]1N1Cc2nc(N3CCC(CN4CCN(c5cc6c(cc5F)C(=O)N(C5CCC(=O)NC5=O)C6=O)CC4)CC3)ccc2C1=O. The molecule has 1 N–H and O–H groups in total. The molecule has 9 rings (SSSR count). The van der Waals surface area contributed by atoms with Gasteiger partial charge in [0.05, 0.1) is 45.2 Å². The summed E-state index contributed by atoms with van der Waals surface area (Å²) in [7, 11) is 0. The summed E-state index contributed by atoms with van der Waals surface area (Å²) >= 11 is 6.30. The molecule has 0 spiro atoms. The Morgan fingerprint density at radius 3 is 2.20 bits per heavy atom. The largest absolute Gasteiger partial charge is 0.489 e. The highest BCUT2D eigenvalue weighted by atomic mass is 35.5. The van der Waals surface area contributed by atoms with Gasteiger partial charge in [-0.3, -0.25) is 39.1 Å². The molecule has 2 aromatic carbocycles. The van der Waals surface area contributed by atoms with Gasteiger partial charge in [0.2, 0.25) is 11.8 Å². The highest BCUT2D eigenvalue weighted by Crippen LogP contribution is 2.59. The number of hydrogen-bond acceptors (Lipinski definition) is 11. The normalized spacial score (nSPS) is 25.0. The number of halogens is 2. The first-order chi connectivity index (χ1) is 29.1. The second kappa shape index (κ2) is 15.1. The third kappa shape index (κ3) is 6.88. The van der Waals surface area contributed by atoms with Crippen LogP contribution in [0.15, 0.2) is 42.5 Å². The molecule has 318 valence electrons. The van der Waals surface area contributed by atoms with Crippen molar-refractivity contribution >= 4 is 52.6 Å². The molecular weight excluding hydrogens is 803 g/mol. The lowest BCUT2D eigenvalue weighted by atomic mass is 9.49. The summed E-state index contributed by atoms with van der Waals surface area (Å²) in [5.41, 5.74) is 1.34. The number of piperidine rings is 2. The molecule has 6 heterocycles. The zero-order chi connectivity index (χ0) is 43.1. The van der Waals surface area contributed by atoms with Crippen molar-refractivity contribution in [1.29, 1.82) is 5.26 Å². The first-order valence-corrected chi connectivity index (χ1v) is 21.4. The Kier molecular flexibility index (Phi) is 10.1. The van der Waals surface area contributed by atoms with E-state index in [9.17, 15) is 29.2 Å². The minimum absolute atomic E-state index is 0.0130. The zero-order valence-corrected chi connectivity index (χ0v) is 35.4. The van der Waals surface area contributed by atoms with Crippen LogP contribution in [0.25, 0.3) is 0 Å². The van der Waals surface area contributed by atoms with E-state index in [2.05, 4.69) is 48.9 Å². The number of piperazine rings is 1. The highest BCUT2D eigenvalue weighted by molar-refractivity contribution is 6.31. The van der Waals surface area contributed by atoms with Gasteiger partial charge in [-0.25, -0.2) is 9.37 Å². The molecule has 5 amide bonds. The standard InChI is InChI=1S/C45H48ClFN8O6/c1-44(2)42(45(3,4)43(44)61-27-6-5-26(22-48)31(46)19-27)54-24-33-28(39(54)58)7-9-36(49-33)53-13-11-25(12-14-53)23-51-15-17-52(18-16-51)35-21-30-29(20-32(35)47)40(59)55(41(30)60)34-8-10-37(56)50-38(34)57/h5-7,9,19-21,25,34,42-43H,8,10-18,23-24H2,1-4H3,(H,50,56,57)/t34?,42-,43-. The number of carbonyl (C=O) groups is 5. The van der Waals surface area contributed by atoms with E-state index in [0.29, 0.717) is 60.5 Å². The fraction of sp³-hybridized carbons (Fsp3) is 0.489. The van der Waals surface area contributed by atoms with E-state index in [-0.39, 0.29) is 58.5 Å². The smallest absolute Gasteiger partial charge is 0.262 e. The van der Waals surface area contributed by atoms with Crippen LogP contribution in [0.4, 0.5) is 15.9 Å². The number of fused-ring (bicyclic) bond motifs is 2. The monoisotopic (exact) mass is 850 g/mol. The summed E-state index contributed by atoms with van der Waals surface area (Å²) in [6.45, 7) is 14.1. The fourth-order valence-corrected chi connectivity index (χ4v) is 11.4. The van der Waals surface area contributed by atoms with Gasteiger partial charge >= 0.3 is 0 Å². The average molecular weight is 851 g/mol. The summed E-state index contributed by atoms with van der Waals surface area (Å²) in [6, 6.07) is 12.4. The number of hydrogen-bond donors (Lipinski definition) is 1. The van der Waals surface area contributed by atoms with Gasteiger partial charge in [0.1, 0.15) is 35.6 Å². The predicted molar refractivity (Wildman–Crippen MR) is 223 cm³/mol. The number of nitrogens with one attached hydrogen (secondary N) is 1. The van der Waals surface area contributed by atoms with Crippen molar-refractivity contribution in [2.75, 3.05) is 55.6 Å². The molecule has 6 aliphatic rings. The van der Waals surface area contributed by atoms with Gasteiger partial charge in [-0.15, -0.1) is 0 Å². The molecule has 3 aromatic rings. The molecule has 16 heteroatoms. The van der Waals surface area contributed by atoms with Gasteiger partial charge in [0, 0.05) is 75.2 Å². The highest BCUT2D eigenvalue weighted by Gasteiger charge is 2.67. The molecule has 0 radical (unpaired) electrons. The maximum absolute atomic E-state index is 15.5. The number of pyridine rings is 1. The summed E-state index contributed by atoms with van der Waals surface area (Å²) < 4.78 is 22.0. The average Bonchev–Trinajstić information content (AvgIpc) is 3.66. The van der Waals surface area contributed by atoms with Gasteiger partial charge in [0.25, 0.3) is 17.7 Å². The van der Waals surface area contributed by atoms with Crippen molar-refractivity contribution in [1.82, 2.24) is 25.0 Å². The molecule has 1 atom stereocenters. The minimum atomic E-state index is -1.11. The topological polar surface area (TPSA) is 159 Å². The van der Waals surface area contributed by atoms with Gasteiger partial charge in [-0.2, -0.15) is 5.26 Å². The molecular formula is C45H48ClFN8O6. The number of ether oxygens (including phenoxy) is 1. The Bertz CT molecular complexity index is 2400. The lowest BCUT2D eigenvalue weighted by Crippen LogP contribution is -2.74. The van der Waals surface area contributed by atoms with Gasteiger partial charge < -0.3 is 19.4 Å². The molecule has 14 nitrogen and oxygen atoms in total. The zero-order valence-electron chi connectivity index (χ0n) is 34.7. The first-order valence-electron chi connectivity index (χ1n) is 21.0. The van der Waals surface area contributed by atoms with Crippen LogP contribution in [0.2, 0.25) is 5.02 Å². The summed E-state index contributed by atoms with van der Waals surface area (Å²) in [4.78, 5) is 78.9. The minimum Gasteiger partial charge on any atom is -0.489 e. The van der Waals surface area contributed by atoms with Crippen LogP contribution >= 0.6 is 11.6 Å². The van der Waals surface area contributed by atoms with Crippen LogP contribution in [-0.4, -0.2) is 113 Å². The third-order valence-corrected chi connectivity index (χ3v) is 14.1. The molecule has 1 saturated carbocycles. The van der Waals surface area contributed by atoms with Crippen molar-refractivity contribution in [2.45, 2.75) is 78.1 Å².